The average Bonchev–Trinajstić information content (AvgIpc) is 2.40. The Morgan fingerprint density at radius 2 is 1.83 bits per heavy atom. The van der Waals surface area contributed by atoms with Gasteiger partial charge < -0.3 is 0 Å². The number of carbonyl (C=O) groups excluding carboxylic acids is 1. The second-order valence-electron chi connectivity index (χ2n) is 3.85. The predicted molar refractivity (Wildman–Crippen MR) is 76.0 cm³/mol. The summed E-state index contributed by atoms with van der Waals surface area (Å²) in [7, 11) is 0. The number of aliphatic imine (C=N–C) groups is 1. The van der Waals surface area contributed by atoms with Crippen LogP contribution >= 0.6 is 12.2 Å². The van der Waals surface area contributed by atoms with Crippen LogP contribution in [0.4, 0.5) is 0 Å². The first-order valence-electron chi connectivity index (χ1n) is 5.51. The van der Waals surface area contributed by atoms with Gasteiger partial charge in [-0.05, 0) is 41.9 Å². The van der Waals surface area contributed by atoms with Gasteiger partial charge in [0.15, 0.2) is 0 Å². The second kappa shape index (κ2) is 5.50. The lowest BCUT2D eigenvalue weighted by molar-refractivity contribution is 0.100. The summed E-state index contributed by atoms with van der Waals surface area (Å²) < 4.78 is 0. The minimum atomic E-state index is -0.347. The third-order valence-electron chi connectivity index (χ3n) is 2.80. The molecule has 0 bridgehead atoms. The zero-order chi connectivity index (χ0) is 13.0. The van der Waals surface area contributed by atoms with Crippen molar-refractivity contribution in [2.75, 3.05) is 0 Å². The highest BCUT2D eigenvalue weighted by Gasteiger charge is 2.11. The first-order chi connectivity index (χ1) is 8.74. The first kappa shape index (κ1) is 12.4. The molecule has 0 unspecified atom stereocenters. The standard InChI is InChI=1S/C15H11NOS/c1-11-13(12-6-3-2-4-7-12)8-5-9-14(11)15(17)16-10-18/h2-9H,1H3. The van der Waals surface area contributed by atoms with E-state index in [-0.39, 0.29) is 5.91 Å². The molecule has 0 N–H and O–H groups in total. The molecule has 2 rings (SSSR count). The number of hydrogen-bond acceptors (Lipinski definition) is 2. The van der Waals surface area contributed by atoms with Gasteiger partial charge in [-0.15, -0.1) is 0 Å². The Labute approximate surface area is 111 Å². The molecule has 1 amide bonds. The molecule has 0 atom stereocenters. The Balaban J connectivity index is 2.55. The molecule has 2 aromatic rings. The van der Waals surface area contributed by atoms with Crippen molar-refractivity contribution in [3.63, 3.8) is 0 Å². The van der Waals surface area contributed by atoms with Gasteiger partial charge in [0.2, 0.25) is 0 Å². The molecule has 2 nitrogen and oxygen atoms in total. The summed E-state index contributed by atoms with van der Waals surface area (Å²) in [5.74, 6) is -0.347. The van der Waals surface area contributed by atoms with E-state index in [9.17, 15) is 4.79 Å². The van der Waals surface area contributed by atoms with Crippen LogP contribution in [0.1, 0.15) is 15.9 Å². The third-order valence-corrected chi connectivity index (χ3v) is 2.89. The maximum absolute atomic E-state index is 11.8. The van der Waals surface area contributed by atoms with Crippen molar-refractivity contribution >= 4 is 23.3 Å². The van der Waals surface area contributed by atoms with Crippen molar-refractivity contribution < 1.29 is 4.79 Å². The largest absolute Gasteiger partial charge is 0.286 e. The van der Waals surface area contributed by atoms with Crippen LogP contribution in [-0.2, 0) is 0 Å². The van der Waals surface area contributed by atoms with E-state index in [1.165, 1.54) is 0 Å². The molecule has 0 radical (unpaired) electrons. The van der Waals surface area contributed by atoms with Crippen LogP contribution < -0.4 is 0 Å². The minimum Gasteiger partial charge on any atom is -0.266 e. The zero-order valence-electron chi connectivity index (χ0n) is 9.88. The molecule has 0 spiro atoms. The molecule has 0 aliphatic heterocycles. The number of benzene rings is 2. The van der Waals surface area contributed by atoms with Crippen LogP contribution in [0.3, 0.4) is 0 Å². The van der Waals surface area contributed by atoms with E-state index in [4.69, 9.17) is 0 Å². The van der Waals surface area contributed by atoms with Gasteiger partial charge in [0.25, 0.3) is 5.91 Å². The summed E-state index contributed by atoms with van der Waals surface area (Å²) in [6.45, 7) is 1.91. The van der Waals surface area contributed by atoms with Gasteiger partial charge in [-0.1, -0.05) is 42.5 Å². The first-order valence-corrected chi connectivity index (χ1v) is 5.92. The van der Waals surface area contributed by atoms with Crippen molar-refractivity contribution in [2.45, 2.75) is 6.92 Å². The SMILES string of the molecule is Cc1c(C(=O)N=C=S)cccc1-c1ccccc1. The zero-order valence-corrected chi connectivity index (χ0v) is 10.7. The van der Waals surface area contributed by atoms with Gasteiger partial charge in [0.1, 0.15) is 0 Å². The quantitative estimate of drug-likeness (QED) is 0.600. The number of hydrogen-bond donors (Lipinski definition) is 0. The van der Waals surface area contributed by atoms with Crippen molar-refractivity contribution in [2.24, 2.45) is 4.99 Å². The van der Waals surface area contributed by atoms with Crippen LogP contribution in [-0.4, -0.2) is 11.1 Å². The Morgan fingerprint density at radius 1 is 1.11 bits per heavy atom. The fraction of sp³-hybridized carbons (Fsp3) is 0.0667. The highest BCUT2D eigenvalue weighted by molar-refractivity contribution is 7.78. The van der Waals surface area contributed by atoms with Crippen molar-refractivity contribution in [3.8, 4) is 11.1 Å². The fourth-order valence-corrected chi connectivity index (χ4v) is 1.98. The van der Waals surface area contributed by atoms with Crippen LogP contribution in [0.5, 0.6) is 0 Å². The minimum absolute atomic E-state index is 0.347. The summed E-state index contributed by atoms with van der Waals surface area (Å²) in [5, 5.41) is 2.11. The normalized spacial score (nSPS) is 9.61. The summed E-state index contributed by atoms with van der Waals surface area (Å²) in [5.41, 5.74) is 3.58. The maximum atomic E-state index is 11.8. The monoisotopic (exact) mass is 253 g/mol. The topological polar surface area (TPSA) is 29.4 Å². The van der Waals surface area contributed by atoms with E-state index in [0.717, 1.165) is 16.7 Å². The van der Waals surface area contributed by atoms with Crippen LogP contribution in [0.2, 0.25) is 0 Å². The smallest absolute Gasteiger partial charge is 0.266 e. The Kier molecular flexibility index (Phi) is 3.78. The molecule has 3 heteroatoms. The maximum Gasteiger partial charge on any atom is 0.286 e. The highest BCUT2D eigenvalue weighted by Crippen LogP contribution is 2.25. The molecule has 0 saturated heterocycles. The molecule has 0 saturated carbocycles. The van der Waals surface area contributed by atoms with Gasteiger partial charge in [-0.2, -0.15) is 4.99 Å². The Morgan fingerprint density at radius 3 is 2.50 bits per heavy atom. The average molecular weight is 253 g/mol. The molecule has 0 aliphatic rings. The van der Waals surface area contributed by atoms with E-state index in [0.29, 0.717) is 5.56 Å². The molecule has 88 valence electrons. The van der Waals surface area contributed by atoms with Crippen molar-refractivity contribution in [1.29, 1.82) is 0 Å². The highest BCUT2D eigenvalue weighted by atomic mass is 32.1. The fourth-order valence-electron chi connectivity index (χ4n) is 1.90. The van der Waals surface area contributed by atoms with Gasteiger partial charge in [0.05, 0.1) is 5.16 Å². The van der Waals surface area contributed by atoms with Gasteiger partial charge in [-0.25, -0.2) is 0 Å². The van der Waals surface area contributed by atoms with E-state index < -0.39 is 0 Å². The second-order valence-corrected chi connectivity index (χ2v) is 4.03. The van der Waals surface area contributed by atoms with Crippen molar-refractivity contribution in [3.05, 3.63) is 59.7 Å². The van der Waals surface area contributed by atoms with E-state index in [1.807, 2.05) is 49.4 Å². The van der Waals surface area contributed by atoms with Crippen LogP contribution in [0.25, 0.3) is 11.1 Å². The predicted octanol–water partition coefficient (Wildman–Crippen LogP) is 3.91. The molecule has 2 aromatic carbocycles. The molecule has 0 heterocycles. The van der Waals surface area contributed by atoms with Crippen molar-refractivity contribution in [1.82, 2.24) is 0 Å². The van der Waals surface area contributed by atoms with Gasteiger partial charge in [0, 0.05) is 5.56 Å². The summed E-state index contributed by atoms with van der Waals surface area (Å²) in [4.78, 5) is 15.3. The number of isothiocyanates is 1. The molecule has 0 aromatic heterocycles. The van der Waals surface area contributed by atoms with E-state index in [1.54, 1.807) is 6.07 Å². The Bertz CT molecular complexity index is 628. The molecular weight excluding hydrogens is 242 g/mol. The lowest BCUT2D eigenvalue weighted by Crippen LogP contribution is -1.99. The number of carbonyl (C=O) groups is 1. The number of rotatable bonds is 2. The van der Waals surface area contributed by atoms with Gasteiger partial charge in [-0.3, -0.25) is 4.79 Å². The van der Waals surface area contributed by atoms with E-state index in [2.05, 4.69) is 22.4 Å². The molecular formula is C15H11NOS. The third kappa shape index (κ3) is 2.43. The number of thiocarbonyl (C=S) groups is 1. The number of nitrogens with zero attached hydrogens (tertiary/aromatic N) is 1. The Hall–Kier alpha value is -2.09. The van der Waals surface area contributed by atoms with Crippen LogP contribution in [0, 0.1) is 6.92 Å². The lowest BCUT2D eigenvalue weighted by atomic mass is 9.96. The summed E-state index contributed by atoms with van der Waals surface area (Å²) >= 11 is 4.46. The number of amides is 1. The lowest BCUT2D eigenvalue weighted by Gasteiger charge is -2.08. The van der Waals surface area contributed by atoms with E-state index >= 15 is 0 Å². The molecule has 0 fully saturated rings. The summed E-state index contributed by atoms with van der Waals surface area (Å²) in [6.07, 6.45) is 0. The van der Waals surface area contributed by atoms with Crippen LogP contribution in [0.15, 0.2) is 53.5 Å². The molecule has 0 aliphatic carbocycles. The summed E-state index contributed by atoms with van der Waals surface area (Å²) in [6, 6.07) is 15.5. The molecule has 18 heavy (non-hydrogen) atoms. The van der Waals surface area contributed by atoms with Gasteiger partial charge >= 0.3 is 0 Å².